The van der Waals surface area contributed by atoms with Gasteiger partial charge in [0, 0.05) is 41.6 Å². The first kappa shape index (κ1) is 29.0. The quantitative estimate of drug-likeness (QED) is 0.360. The molecule has 0 spiro atoms. The summed E-state index contributed by atoms with van der Waals surface area (Å²) in [5.74, 6) is -6.54. The number of hydrogen-bond donors (Lipinski definition) is 4. The molecule has 2 aromatic rings. The van der Waals surface area contributed by atoms with Crippen LogP contribution in [0.2, 0.25) is 0 Å². The molecule has 3 unspecified atom stereocenters. The van der Waals surface area contributed by atoms with Crippen molar-refractivity contribution in [2.75, 3.05) is 24.5 Å². The van der Waals surface area contributed by atoms with Gasteiger partial charge in [-0.25, -0.2) is 9.97 Å². The van der Waals surface area contributed by atoms with E-state index in [9.17, 15) is 19.8 Å². The van der Waals surface area contributed by atoms with Gasteiger partial charge in [0.05, 0.1) is 5.69 Å². The summed E-state index contributed by atoms with van der Waals surface area (Å²) in [7, 11) is 0. The Morgan fingerprint density at radius 2 is 1.79 bits per heavy atom. The van der Waals surface area contributed by atoms with Gasteiger partial charge in [-0.3, -0.25) is 9.59 Å². The van der Waals surface area contributed by atoms with E-state index in [-0.39, 0.29) is 34.6 Å². The second-order valence-corrected chi connectivity index (χ2v) is 12.0. The first-order chi connectivity index (χ1) is 20.4. The lowest BCUT2D eigenvalue weighted by Crippen LogP contribution is -2.50. The van der Waals surface area contributed by atoms with Crippen LogP contribution in [0.4, 0.5) is 14.5 Å². The minimum Gasteiger partial charge on any atom is -0.504 e. The average molecular weight is 593 g/mol. The van der Waals surface area contributed by atoms with Crippen LogP contribution in [0.25, 0.3) is 0 Å². The van der Waals surface area contributed by atoms with Gasteiger partial charge in [0.15, 0.2) is 11.4 Å². The molecule has 6 bridgehead atoms. The van der Waals surface area contributed by atoms with Crippen LogP contribution >= 0.6 is 0 Å². The van der Waals surface area contributed by atoms with Gasteiger partial charge in [-0.1, -0.05) is 37.3 Å². The Balaban J connectivity index is 1.59. The molecule has 3 atom stereocenters. The predicted octanol–water partition coefficient (Wildman–Crippen LogP) is 4.10. The molecular formula is C32H34F2N4O5. The number of anilines is 1. The molecule has 5 aliphatic heterocycles. The molecule has 6 heterocycles. The molecule has 0 radical (unpaired) electrons. The second kappa shape index (κ2) is 10.3. The SMILES string of the molecule is Cc1nc(C(C)C2(C3C4=CC=C3C=C4)c3ccc(c(C(F)(F)C(C)O)c3)N3CCC2CC3)nc(C(=O)NCC(=O)O)c1O. The van der Waals surface area contributed by atoms with Crippen molar-refractivity contribution in [1.82, 2.24) is 15.3 Å². The minimum atomic E-state index is -3.50. The van der Waals surface area contributed by atoms with Crippen molar-refractivity contribution in [3.05, 3.63) is 82.0 Å². The van der Waals surface area contributed by atoms with Gasteiger partial charge < -0.3 is 25.5 Å². The highest BCUT2D eigenvalue weighted by Gasteiger charge is 2.57. The highest BCUT2D eigenvalue weighted by molar-refractivity contribution is 5.96. The van der Waals surface area contributed by atoms with Gasteiger partial charge in [-0.05, 0) is 61.4 Å². The van der Waals surface area contributed by atoms with Crippen molar-refractivity contribution in [2.24, 2.45) is 11.8 Å². The number of rotatable bonds is 8. The number of aliphatic hydroxyl groups is 1. The fourth-order valence-corrected chi connectivity index (χ4v) is 7.68. The predicted molar refractivity (Wildman–Crippen MR) is 154 cm³/mol. The summed E-state index contributed by atoms with van der Waals surface area (Å²) >= 11 is 0. The van der Waals surface area contributed by atoms with Crippen molar-refractivity contribution in [2.45, 2.75) is 57.0 Å². The average Bonchev–Trinajstić information content (AvgIpc) is 3.62. The molecule has 11 heteroatoms. The lowest BCUT2D eigenvalue weighted by atomic mass is 9.52. The smallest absolute Gasteiger partial charge is 0.322 e. The number of nitrogens with zero attached hydrogens (tertiary/aromatic N) is 3. The molecule has 1 amide bonds. The van der Waals surface area contributed by atoms with Gasteiger partial charge in [-0.2, -0.15) is 8.78 Å². The van der Waals surface area contributed by atoms with E-state index in [4.69, 9.17) is 5.11 Å². The van der Waals surface area contributed by atoms with Crippen molar-refractivity contribution < 1.29 is 33.7 Å². The minimum absolute atomic E-state index is 0.00492. The fraction of sp³-hybridized carbons (Fsp3) is 0.438. The van der Waals surface area contributed by atoms with Gasteiger partial charge in [0.25, 0.3) is 11.8 Å². The van der Waals surface area contributed by atoms with Crippen LogP contribution in [-0.2, 0) is 16.1 Å². The number of amides is 1. The Bertz CT molecular complexity index is 1590. The van der Waals surface area contributed by atoms with E-state index >= 15 is 8.78 Å². The lowest BCUT2D eigenvalue weighted by Gasteiger charge is -2.51. The summed E-state index contributed by atoms with van der Waals surface area (Å²) in [6.07, 6.45) is 7.69. The summed E-state index contributed by atoms with van der Waals surface area (Å²) in [5.41, 5.74) is 1.92. The number of aromatic hydroxyl groups is 1. The number of nitrogens with one attached hydrogen (secondary N) is 1. The van der Waals surface area contributed by atoms with E-state index in [0.717, 1.165) is 18.1 Å². The Morgan fingerprint density at radius 1 is 1.14 bits per heavy atom. The number of halogens is 2. The van der Waals surface area contributed by atoms with E-state index in [0.29, 0.717) is 37.2 Å². The molecule has 1 aromatic heterocycles. The molecule has 226 valence electrons. The molecule has 9 nitrogen and oxygen atoms in total. The standard InChI is InChI=1S/C32H34F2N4O5/c1-16(29-36-17(2)28(42)27(37-29)30(43)35-15-25(40)41)31(26-19-4-5-20(26)7-6-19)21-10-12-38(13-11-21)24-9-8-22(31)14-23(24)32(33,34)18(3)39/h4-9,14,16,18,21,26,39,42H,10-13,15H2,1-3H3,(H,35,43)(H,40,41). The number of aromatic nitrogens is 2. The maximum Gasteiger partial charge on any atom is 0.322 e. The van der Waals surface area contributed by atoms with Gasteiger partial charge >= 0.3 is 5.97 Å². The lowest BCUT2D eigenvalue weighted by molar-refractivity contribution is -0.135. The largest absolute Gasteiger partial charge is 0.504 e. The third kappa shape index (κ3) is 4.35. The summed E-state index contributed by atoms with van der Waals surface area (Å²) in [4.78, 5) is 35.2. The molecular weight excluding hydrogens is 558 g/mol. The third-order valence-electron chi connectivity index (χ3n) is 9.77. The number of carbonyl (C=O) groups is 2. The number of benzene rings is 1. The maximum atomic E-state index is 15.8. The monoisotopic (exact) mass is 592 g/mol. The Kier molecular flexibility index (Phi) is 6.91. The van der Waals surface area contributed by atoms with Crippen LogP contribution < -0.4 is 10.2 Å². The Morgan fingerprint density at radius 3 is 2.37 bits per heavy atom. The van der Waals surface area contributed by atoms with Gasteiger partial charge in [-0.15, -0.1) is 0 Å². The summed E-state index contributed by atoms with van der Waals surface area (Å²) in [5, 5.41) is 32.2. The van der Waals surface area contributed by atoms with Crippen LogP contribution in [0.1, 0.15) is 65.7 Å². The molecule has 2 aliphatic carbocycles. The van der Waals surface area contributed by atoms with Crippen molar-refractivity contribution >= 4 is 17.6 Å². The van der Waals surface area contributed by atoms with Crippen LogP contribution in [0.3, 0.4) is 0 Å². The molecule has 9 rings (SSSR count). The molecule has 1 fully saturated rings. The topological polar surface area (TPSA) is 136 Å². The summed E-state index contributed by atoms with van der Waals surface area (Å²) in [6, 6.07) is 5.18. The molecule has 43 heavy (non-hydrogen) atoms. The maximum absolute atomic E-state index is 15.8. The zero-order chi connectivity index (χ0) is 30.8. The number of aliphatic carboxylic acids is 1. The van der Waals surface area contributed by atoms with E-state index in [1.165, 1.54) is 6.92 Å². The number of carboxylic acids is 1. The number of carbonyl (C=O) groups excluding carboxylic acids is 1. The first-order valence-electron chi connectivity index (χ1n) is 14.5. The normalized spacial score (nSPS) is 23.9. The van der Waals surface area contributed by atoms with Crippen LogP contribution in [-0.4, -0.2) is 62.9 Å². The summed E-state index contributed by atoms with van der Waals surface area (Å²) in [6.45, 7) is 5.02. The number of alkyl halides is 2. The number of hydrogen-bond acceptors (Lipinski definition) is 7. The zero-order valence-electron chi connectivity index (χ0n) is 24.1. The Hall–Kier alpha value is -4.12. The molecule has 7 aliphatic rings. The van der Waals surface area contributed by atoms with Crippen molar-refractivity contribution in [1.29, 1.82) is 0 Å². The van der Waals surface area contributed by atoms with E-state index < -0.39 is 47.5 Å². The van der Waals surface area contributed by atoms with Crippen LogP contribution in [0.5, 0.6) is 5.75 Å². The highest BCUT2D eigenvalue weighted by Crippen LogP contribution is 2.61. The summed E-state index contributed by atoms with van der Waals surface area (Å²) < 4.78 is 31.5. The number of allylic oxidation sites excluding steroid dienone is 6. The third-order valence-corrected chi connectivity index (χ3v) is 9.77. The highest BCUT2D eigenvalue weighted by atomic mass is 19.3. The van der Waals surface area contributed by atoms with Gasteiger partial charge in [0.2, 0.25) is 0 Å². The van der Waals surface area contributed by atoms with E-state index in [1.807, 2.05) is 42.2 Å². The number of fused-ring (bicyclic) bond motifs is 2. The number of carboxylic acid groups (broad SMARTS) is 1. The number of aliphatic hydroxyl groups excluding tert-OH is 1. The van der Waals surface area contributed by atoms with Crippen LogP contribution in [0.15, 0.2) is 53.6 Å². The molecule has 0 saturated carbocycles. The fourth-order valence-electron chi connectivity index (χ4n) is 7.68. The molecule has 1 aromatic carbocycles. The van der Waals surface area contributed by atoms with Crippen molar-refractivity contribution in [3.8, 4) is 5.75 Å². The molecule has 1 saturated heterocycles. The Labute approximate surface area is 247 Å². The van der Waals surface area contributed by atoms with Gasteiger partial charge in [0.1, 0.15) is 18.5 Å². The van der Waals surface area contributed by atoms with E-state index in [2.05, 4.69) is 15.3 Å². The second-order valence-electron chi connectivity index (χ2n) is 12.0. The van der Waals surface area contributed by atoms with E-state index in [1.54, 1.807) is 12.1 Å². The van der Waals surface area contributed by atoms with Crippen LogP contribution in [0, 0.1) is 18.8 Å². The number of piperidine rings is 1. The first-order valence-corrected chi connectivity index (χ1v) is 14.5. The zero-order valence-corrected chi connectivity index (χ0v) is 24.1. The van der Waals surface area contributed by atoms with Crippen molar-refractivity contribution in [3.63, 3.8) is 0 Å². The number of aryl methyl sites for hydroxylation is 1. The molecule has 4 N–H and O–H groups in total.